The van der Waals surface area contributed by atoms with Gasteiger partial charge in [0.2, 0.25) is 11.8 Å². The van der Waals surface area contributed by atoms with Gasteiger partial charge in [-0.05, 0) is 73.9 Å². The Hall–Kier alpha value is -3.14. The lowest BCUT2D eigenvalue weighted by Crippen LogP contribution is -2.52. The highest BCUT2D eigenvalue weighted by molar-refractivity contribution is 7.92. The zero-order chi connectivity index (χ0) is 29.4. The summed E-state index contributed by atoms with van der Waals surface area (Å²) in [6.07, 6.45) is 0.972. The molecule has 0 aromatic heterocycles. The van der Waals surface area contributed by atoms with Gasteiger partial charge in [-0.15, -0.1) is 0 Å². The average Bonchev–Trinajstić information content (AvgIpc) is 2.92. The molecule has 1 atom stereocenters. The van der Waals surface area contributed by atoms with E-state index in [1.54, 1.807) is 31.2 Å². The van der Waals surface area contributed by atoms with Crippen molar-refractivity contribution in [2.45, 2.75) is 51.1 Å². The summed E-state index contributed by atoms with van der Waals surface area (Å²) >= 11 is 12.5. The highest BCUT2D eigenvalue weighted by Crippen LogP contribution is 2.27. The zero-order valence-corrected chi connectivity index (χ0v) is 24.9. The standard InChI is InChI=1S/C29H32Cl2FN3O4S/c1-4-16-33-29(37)27(5-2)34(18-21-8-9-22(30)17-26(21)31)28(36)19-35(24-12-10-23(32)11-13-24)40(38,39)25-14-6-20(3)7-15-25/h6-15,17,27H,4-5,16,18-19H2,1-3H3,(H,33,37)/t27-/m0/s1. The number of hydrogen-bond acceptors (Lipinski definition) is 4. The van der Waals surface area contributed by atoms with Crippen LogP contribution in [0.5, 0.6) is 0 Å². The molecule has 2 amide bonds. The third kappa shape index (κ3) is 7.74. The molecule has 0 spiro atoms. The Morgan fingerprint density at radius 3 is 2.20 bits per heavy atom. The predicted molar refractivity (Wildman–Crippen MR) is 157 cm³/mol. The second-order valence-electron chi connectivity index (χ2n) is 9.27. The Balaban J connectivity index is 2.06. The fourth-order valence-electron chi connectivity index (χ4n) is 4.09. The molecule has 7 nitrogen and oxygen atoms in total. The normalized spacial score (nSPS) is 12.1. The van der Waals surface area contributed by atoms with Crippen molar-refractivity contribution in [1.82, 2.24) is 10.2 Å². The molecule has 3 aromatic rings. The van der Waals surface area contributed by atoms with Gasteiger partial charge in [0.1, 0.15) is 18.4 Å². The van der Waals surface area contributed by atoms with Crippen molar-refractivity contribution < 1.29 is 22.4 Å². The number of rotatable bonds is 12. The van der Waals surface area contributed by atoms with Gasteiger partial charge in [-0.25, -0.2) is 12.8 Å². The molecule has 11 heteroatoms. The van der Waals surface area contributed by atoms with Crippen LogP contribution in [0.2, 0.25) is 10.0 Å². The van der Waals surface area contributed by atoms with E-state index in [1.165, 1.54) is 35.2 Å². The first-order chi connectivity index (χ1) is 19.0. The van der Waals surface area contributed by atoms with Crippen LogP contribution in [0.15, 0.2) is 71.6 Å². The van der Waals surface area contributed by atoms with E-state index in [4.69, 9.17) is 23.2 Å². The number of nitrogens with zero attached hydrogens (tertiary/aromatic N) is 2. The molecular formula is C29H32Cl2FN3O4S. The summed E-state index contributed by atoms with van der Waals surface area (Å²) in [5.74, 6) is -1.55. The molecule has 3 aromatic carbocycles. The topological polar surface area (TPSA) is 86.8 Å². The maximum absolute atomic E-state index is 14.0. The van der Waals surface area contributed by atoms with Crippen LogP contribution in [0.4, 0.5) is 10.1 Å². The van der Waals surface area contributed by atoms with Crippen molar-refractivity contribution in [3.63, 3.8) is 0 Å². The number of amides is 2. The minimum absolute atomic E-state index is 0.0322. The molecule has 0 aliphatic heterocycles. The van der Waals surface area contributed by atoms with Crippen LogP contribution >= 0.6 is 23.2 Å². The fraction of sp³-hybridized carbons (Fsp3) is 0.310. The third-order valence-corrected chi connectivity index (χ3v) is 8.67. The summed E-state index contributed by atoms with van der Waals surface area (Å²) in [4.78, 5) is 28.4. The first-order valence-corrected chi connectivity index (χ1v) is 15.0. The molecule has 0 heterocycles. The number of nitrogens with one attached hydrogen (secondary N) is 1. The Morgan fingerprint density at radius 1 is 0.975 bits per heavy atom. The second-order valence-corrected chi connectivity index (χ2v) is 12.0. The molecule has 3 rings (SSSR count). The van der Waals surface area contributed by atoms with Crippen LogP contribution < -0.4 is 9.62 Å². The van der Waals surface area contributed by atoms with E-state index in [-0.39, 0.29) is 29.5 Å². The second kappa shape index (κ2) is 14.0. The number of hydrogen-bond donors (Lipinski definition) is 1. The van der Waals surface area contributed by atoms with Gasteiger partial charge in [0.25, 0.3) is 10.0 Å². The van der Waals surface area contributed by atoms with Crippen molar-refractivity contribution in [2.75, 3.05) is 17.4 Å². The molecule has 40 heavy (non-hydrogen) atoms. The number of halogens is 3. The highest BCUT2D eigenvalue weighted by Gasteiger charge is 2.34. The first kappa shape index (κ1) is 31.4. The van der Waals surface area contributed by atoms with E-state index in [0.717, 1.165) is 22.0 Å². The van der Waals surface area contributed by atoms with Crippen molar-refractivity contribution in [3.8, 4) is 0 Å². The molecular weight excluding hydrogens is 576 g/mol. The number of carbonyl (C=O) groups excluding carboxylic acids is 2. The van der Waals surface area contributed by atoms with Gasteiger partial charge in [-0.1, -0.05) is 60.8 Å². The molecule has 0 saturated heterocycles. The van der Waals surface area contributed by atoms with Gasteiger partial charge in [0.15, 0.2) is 0 Å². The maximum atomic E-state index is 14.0. The van der Waals surface area contributed by atoms with Gasteiger partial charge in [-0.3, -0.25) is 13.9 Å². The van der Waals surface area contributed by atoms with Crippen molar-refractivity contribution in [2.24, 2.45) is 0 Å². The molecule has 0 saturated carbocycles. The molecule has 0 radical (unpaired) electrons. The molecule has 214 valence electrons. The monoisotopic (exact) mass is 607 g/mol. The third-order valence-electron chi connectivity index (χ3n) is 6.29. The Labute approximate surface area is 244 Å². The van der Waals surface area contributed by atoms with E-state index in [0.29, 0.717) is 28.6 Å². The molecule has 0 aliphatic carbocycles. The van der Waals surface area contributed by atoms with Gasteiger partial charge in [-0.2, -0.15) is 0 Å². The van der Waals surface area contributed by atoms with Gasteiger partial charge in [0.05, 0.1) is 10.6 Å². The van der Waals surface area contributed by atoms with Crippen LogP contribution in [0, 0.1) is 12.7 Å². The lowest BCUT2D eigenvalue weighted by atomic mass is 10.1. The molecule has 1 N–H and O–H groups in total. The largest absolute Gasteiger partial charge is 0.354 e. The summed E-state index contributed by atoms with van der Waals surface area (Å²) in [6, 6.07) is 14.9. The van der Waals surface area contributed by atoms with E-state index in [2.05, 4.69) is 5.32 Å². The SMILES string of the molecule is CCCNC(=O)[C@H](CC)N(Cc1ccc(Cl)cc1Cl)C(=O)CN(c1ccc(F)cc1)S(=O)(=O)c1ccc(C)cc1. The molecule has 0 fully saturated rings. The summed E-state index contributed by atoms with van der Waals surface area (Å²) in [5.41, 5.74) is 1.50. The van der Waals surface area contributed by atoms with E-state index >= 15 is 0 Å². The van der Waals surface area contributed by atoms with Crippen molar-refractivity contribution >= 4 is 50.7 Å². The van der Waals surface area contributed by atoms with Gasteiger partial charge >= 0.3 is 0 Å². The van der Waals surface area contributed by atoms with Crippen LogP contribution in [-0.2, 0) is 26.2 Å². The maximum Gasteiger partial charge on any atom is 0.264 e. The average molecular weight is 609 g/mol. The Kier molecular flexibility index (Phi) is 11.0. The minimum atomic E-state index is -4.25. The van der Waals surface area contributed by atoms with Crippen LogP contribution in [0.25, 0.3) is 0 Å². The minimum Gasteiger partial charge on any atom is -0.354 e. The number of sulfonamides is 1. The van der Waals surface area contributed by atoms with Crippen LogP contribution in [0.3, 0.4) is 0 Å². The number of anilines is 1. The van der Waals surface area contributed by atoms with Gasteiger partial charge < -0.3 is 10.2 Å². The predicted octanol–water partition coefficient (Wildman–Crippen LogP) is 5.97. The fourth-order valence-corrected chi connectivity index (χ4v) is 5.97. The van der Waals surface area contributed by atoms with E-state index in [9.17, 15) is 22.4 Å². The van der Waals surface area contributed by atoms with Gasteiger partial charge in [0, 0.05) is 23.1 Å². The smallest absolute Gasteiger partial charge is 0.264 e. The first-order valence-electron chi connectivity index (χ1n) is 12.8. The summed E-state index contributed by atoms with van der Waals surface area (Å²) in [5, 5.41) is 3.53. The van der Waals surface area contributed by atoms with Crippen molar-refractivity contribution in [1.29, 1.82) is 0 Å². The summed E-state index contributed by atoms with van der Waals surface area (Å²) < 4.78 is 42.3. The lowest BCUT2D eigenvalue weighted by molar-refractivity contribution is -0.140. The quantitative estimate of drug-likeness (QED) is 0.275. The lowest BCUT2D eigenvalue weighted by Gasteiger charge is -2.33. The zero-order valence-electron chi connectivity index (χ0n) is 22.5. The van der Waals surface area contributed by atoms with E-state index in [1.807, 2.05) is 13.8 Å². The molecule has 0 bridgehead atoms. The highest BCUT2D eigenvalue weighted by atomic mass is 35.5. The molecule has 0 aliphatic rings. The Bertz CT molecular complexity index is 1430. The summed E-state index contributed by atoms with van der Waals surface area (Å²) in [6.45, 7) is 5.22. The molecule has 0 unspecified atom stereocenters. The summed E-state index contributed by atoms with van der Waals surface area (Å²) in [7, 11) is -4.25. The van der Waals surface area contributed by atoms with Crippen LogP contribution in [0.1, 0.15) is 37.8 Å². The number of aryl methyl sites for hydroxylation is 1. The Morgan fingerprint density at radius 2 is 1.62 bits per heavy atom. The number of benzene rings is 3. The van der Waals surface area contributed by atoms with Crippen molar-refractivity contribution in [3.05, 3.63) is 93.7 Å². The number of carbonyl (C=O) groups is 2. The van der Waals surface area contributed by atoms with E-state index < -0.39 is 34.3 Å². The van der Waals surface area contributed by atoms with Crippen LogP contribution in [-0.4, -0.2) is 44.3 Å².